The largest absolute Gasteiger partial charge is 0.477 e. The molecule has 8 rings (SSSR count). The summed E-state index contributed by atoms with van der Waals surface area (Å²) in [6, 6.07) is 26.9. The van der Waals surface area contributed by atoms with Crippen molar-refractivity contribution in [2.24, 2.45) is 11.8 Å². The lowest BCUT2D eigenvalue weighted by atomic mass is 9.85. The topological polar surface area (TPSA) is 78.4 Å². The summed E-state index contributed by atoms with van der Waals surface area (Å²) in [6.45, 7) is 9.35. The van der Waals surface area contributed by atoms with Crippen LogP contribution in [0.3, 0.4) is 0 Å². The molecule has 0 saturated heterocycles. The van der Waals surface area contributed by atoms with Crippen LogP contribution in [0.25, 0.3) is 44.1 Å². The van der Waals surface area contributed by atoms with E-state index in [1.807, 2.05) is 84.9 Å². The molecule has 2 aromatic heterocycles. The maximum absolute atomic E-state index is 13.8. The Hall–Kier alpha value is -5.01. The summed E-state index contributed by atoms with van der Waals surface area (Å²) >= 11 is 1.47. The summed E-state index contributed by atoms with van der Waals surface area (Å²) in [4.78, 5) is 39.4. The number of hydrogen-bond acceptors (Lipinski definition) is 7. The van der Waals surface area contributed by atoms with Crippen molar-refractivity contribution in [3.8, 4) is 34.3 Å². The van der Waals surface area contributed by atoms with E-state index in [1.165, 1.54) is 11.8 Å². The predicted molar refractivity (Wildman–Crippen MR) is 186 cm³/mol. The van der Waals surface area contributed by atoms with Crippen molar-refractivity contribution >= 4 is 44.9 Å². The monoisotopic (exact) mass is 636 g/mol. The molecule has 0 aliphatic heterocycles. The van der Waals surface area contributed by atoms with Crippen molar-refractivity contribution in [2.45, 2.75) is 37.5 Å². The lowest BCUT2D eigenvalue weighted by molar-refractivity contribution is 0.103. The lowest BCUT2D eigenvalue weighted by Crippen LogP contribution is -2.14. The highest BCUT2D eigenvalue weighted by molar-refractivity contribution is 8.00. The first-order valence-electron chi connectivity index (χ1n) is 16.0. The van der Waals surface area contributed by atoms with E-state index in [1.54, 1.807) is 0 Å². The van der Waals surface area contributed by atoms with Crippen LogP contribution >= 0.6 is 11.8 Å². The number of rotatable bonds is 8. The van der Waals surface area contributed by atoms with Gasteiger partial charge in [-0.05, 0) is 11.8 Å². The minimum atomic E-state index is -0.0197. The van der Waals surface area contributed by atoms with Crippen LogP contribution in [0, 0.1) is 11.8 Å². The predicted octanol–water partition coefficient (Wildman–Crippen LogP) is 9.43. The molecule has 2 aliphatic carbocycles. The zero-order valence-corrected chi connectivity index (χ0v) is 27.4. The van der Waals surface area contributed by atoms with Crippen LogP contribution in [0.15, 0.2) is 94.7 Å². The SMILES string of the molecule is CC(C)COc1nc2c3c(cccc3c1Sc1c(OCC(C)C)nc3c4c(cccc14)C(=O)c1ccccc1-3)C(=O)c1ccccc1-2. The number of carbonyl (C=O) groups is 2. The Morgan fingerprint density at radius 1 is 0.532 bits per heavy atom. The second-order valence-electron chi connectivity index (χ2n) is 12.9. The third kappa shape index (κ3) is 4.71. The average Bonchev–Trinajstić information content (AvgIpc) is 3.08. The van der Waals surface area contributed by atoms with Gasteiger partial charge in [-0.25, -0.2) is 9.97 Å². The third-order valence-electron chi connectivity index (χ3n) is 8.56. The summed E-state index contributed by atoms with van der Waals surface area (Å²) in [5, 5.41) is 3.35. The molecule has 0 radical (unpaired) electrons. The van der Waals surface area contributed by atoms with Crippen LogP contribution in [0.2, 0.25) is 0 Å². The first kappa shape index (κ1) is 29.4. The number of hydrogen-bond donors (Lipinski definition) is 0. The number of carbonyl (C=O) groups excluding carboxylic acids is 2. The third-order valence-corrected chi connectivity index (χ3v) is 9.76. The molecule has 0 amide bonds. The van der Waals surface area contributed by atoms with Gasteiger partial charge in [0.15, 0.2) is 11.6 Å². The normalized spacial score (nSPS) is 13.0. The van der Waals surface area contributed by atoms with Gasteiger partial charge in [0.1, 0.15) is 0 Å². The Balaban J connectivity index is 1.41. The Kier molecular flexibility index (Phi) is 7.10. The van der Waals surface area contributed by atoms with Gasteiger partial charge in [0.05, 0.1) is 34.4 Å². The van der Waals surface area contributed by atoms with Gasteiger partial charge in [0.25, 0.3) is 0 Å². The van der Waals surface area contributed by atoms with Gasteiger partial charge in [0, 0.05) is 54.9 Å². The summed E-state index contributed by atoms with van der Waals surface area (Å²) in [6.07, 6.45) is 0. The summed E-state index contributed by atoms with van der Waals surface area (Å²) in [5.41, 5.74) is 5.59. The fraction of sp³-hybridized carbons (Fsp3) is 0.200. The summed E-state index contributed by atoms with van der Waals surface area (Å²) in [7, 11) is 0. The number of aromatic nitrogens is 2. The fourth-order valence-corrected chi connectivity index (χ4v) is 7.61. The van der Waals surface area contributed by atoms with Crippen molar-refractivity contribution in [3.05, 3.63) is 107 Å². The minimum Gasteiger partial charge on any atom is -0.477 e. The second-order valence-corrected chi connectivity index (χ2v) is 13.9. The van der Waals surface area contributed by atoms with Crippen molar-refractivity contribution in [3.63, 3.8) is 0 Å². The van der Waals surface area contributed by atoms with Crippen molar-refractivity contribution in [2.75, 3.05) is 13.2 Å². The molecule has 0 unspecified atom stereocenters. The Morgan fingerprint density at radius 2 is 0.915 bits per heavy atom. The molecule has 6 nitrogen and oxygen atoms in total. The van der Waals surface area contributed by atoms with E-state index in [0.717, 1.165) is 53.9 Å². The molecule has 0 atom stereocenters. The van der Waals surface area contributed by atoms with E-state index in [4.69, 9.17) is 19.4 Å². The van der Waals surface area contributed by atoms with E-state index < -0.39 is 0 Å². The highest BCUT2D eigenvalue weighted by atomic mass is 32.2. The molecule has 0 fully saturated rings. The highest BCUT2D eigenvalue weighted by Gasteiger charge is 2.32. The van der Waals surface area contributed by atoms with E-state index in [2.05, 4.69) is 27.7 Å². The van der Waals surface area contributed by atoms with Crippen LogP contribution < -0.4 is 9.47 Å². The maximum atomic E-state index is 13.8. The number of nitrogens with zero attached hydrogens (tertiary/aromatic N) is 2. The maximum Gasteiger partial charge on any atom is 0.228 e. The Bertz CT molecular complexity index is 2130. The molecule has 7 heteroatoms. The molecule has 4 aromatic carbocycles. The molecule has 0 N–H and O–H groups in total. The summed E-state index contributed by atoms with van der Waals surface area (Å²) in [5.74, 6) is 1.47. The second kappa shape index (κ2) is 11.4. The number of ether oxygens (including phenoxy) is 2. The van der Waals surface area contributed by atoms with E-state index >= 15 is 0 Å². The first-order valence-corrected chi connectivity index (χ1v) is 16.8. The fourth-order valence-electron chi connectivity index (χ4n) is 6.46. The Labute approximate surface area is 277 Å². The number of pyridine rings is 2. The van der Waals surface area contributed by atoms with Crippen LogP contribution in [0.1, 0.15) is 59.5 Å². The number of fused-ring (bicyclic) bond motifs is 4. The van der Waals surface area contributed by atoms with Gasteiger partial charge >= 0.3 is 0 Å². The molecule has 0 bridgehead atoms. The van der Waals surface area contributed by atoms with Gasteiger partial charge in [-0.3, -0.25) is 9.59 Å². The summed E-state index contributed by atoms with van der Waals surface area (Å²) < 4.78 is 13.0. The van der Waals surface area contributed by atoms with Gasteiger partial charge in [-0.2, -0.15) is 0 Å². The highest BCUT2D eigenvalue weighted by Crippen LogP contribution is 2.51. The zero-order chi connectivity index (χ0) is 32.4. The number of benzene rings is 4. The molecular formula is C40H32N2O4S. The molecule has 0 saturated carbocycles. The van der Waals surface area contributed by atoms with E-state index in [-0.39, 0.29) is 23.4 Å². The van der Waals surface area contributed by atoms with Crippen LogP contribution in [-0.4, -0.2) is 34.7 Å². The Morgan fingerprint density at radius 3 is 1.32 bits per heavy atom. The molecule has 0 spiro atoms. The number of ketones is 2. The smallest absolute Gasteiger partial charge is 0.228 e. The molecule has 2 aliphatic rings. The quantitative estimate of drug-likeness (QED) is 0.164. The zero-order valence-electron chi connectivity index (χ0n) is 26.6. The van der Waals surface area contributed by atoms with Crippen LogP contribution in [0.5, 0.6) is 11.8 Å². The van der Waals surface area contributed by atoms with Gasteiger partial charge in [0.2, 0.25) is 11.8 Å². The van der Waals surface area contributed by atoms with Crippen molar-refractivity contribution in [1.82, 2.24) is 9.97 Å². The van der Waals surface area contributed by atoms with Crippen LogP contribution in [0.4, 0.5) is 0 Å². The van der Waals surface area contributed by atoms with E-state index in [0.29, 0.717) is 47.2 Å². The van der Waals surface area contributed by atoms with Gasteiger partial charge in [-0.15, -0.1) is 0 Å². The lowest BCUT2D eigenvalue weighted by Gasteiger charge is -2.24. The van der Waals surface area contributed by atoms with Gasteiger partial charge in [-0.1, -0.05) is 124 Å². The molecule has 6 aromatic rings. The standard InChI is InChI=1S/C40H32N2O4S/c1-21(2)19-45-39-37(29-17-9-15-27-31(29)33(41-39)23-11-5-7-13-25(23)35(27)43)47-38-30-18-10-16-28-32(30)34(42-40(38)46-20-22(3)4)24-12-6-8-14-26(24)36(28)44/h5-18,21-22H,19-20H2,1-4H3. The van der Waals surface area contributed by atoms with E-state index in [9.17, 15) is 9.59 Å². The van der Waals surface area contributed by atoms with Gasteiger partial charge < -0.3 is 9.47 Å². The average molecular weight is 637 g/mol. The van der Waals surface area contributed by atoms with Crippen molar-refractivity contribution in [1.29, 1.82) is 0 Å². The first-order chi connectivity index (χ1) is 22.8. The van der Waals surface area contributed by atoms with Crippen molar-refractivity contribution < 1.29 is 19.1 Å². The molecular weight excluding hydrogens is 605 g/mol. The van der Waals surface area contributed by atoms with Crippen LogP contribution in [-0.2, 0) is 0 Å². The molecule has 2 heterocycles. The minimum absolute atomic E-state index is 0.0197. The molecule has 47 heavy (non-hydrogen) atoms. The molecule has 232 valence electrons.